The van der Waals surface area contributed by atoms with E-state index in [1.54, 1.807) is 12.4 Å². The molecule has 0 aliphatic rings. The van der Waals surface area contributed by atoms with Gasteiger partial charge in [-0.25, -0.2) is 9.97 Å². The van der Waals surface area contributed by atoms with Gasteiger partial charge in [0.2, 0.25) is 0 Å². The third-order valence-corrected chi connectivity index (χ3v) is 5.64. The summed E-state index contributed by atoms with van der Waals surface area (Å²) in [5.74, 6) is 1.56. The molecule has 0 bridgehead atoms. The minimum Gasteiger partial charge on any atom is -0.278 e. The van der Waals surface area contributed by atoms with Gasteiger partial charge in [0.25, 0.3) is 0 Å². The molecule has 0 radical (unpaired) electrons. The van der Waals surface area contributed by atoms with E-state index in [-0.39, 0.29) is 21.1 Å². The SMILES string of the molecule is Cc1cc(C)c(N(c2cccc(-c3ccccn3)n2)c2cccc(-c3ccccn3)n2)c(C)c1.[Pt]. The summed E-state index contributed by atoms with van der Waals surface area (Å²) in [4.78, 5) is 21.1. The maximum Gasteiger partial charge on any atom is 0.139 e. The number of anilines is 3. The Morgan fingerprint density at radius 3 is 1.43 bits per heavy atom. The van der Waals surface area contributed by atoms with Crippen molar-refractivity contribution in [3.8, 4) is 22.8 Å². The predicted octanol–water partition coefficient (Wildman–Crippen LogP) is 6.99. The van der Waals surface area contributed by atoms with Gasteiger partial charge in [-0.15, -0.1) is 0 Å². The number of nitrogens with zero attached hydrogens (tertiary/aromatic N) is 5. The van der Waals surface area contributed by atoms with Gasteiger partial charge in [0.05, 0.1) is 28.5 Å². The minimum atomic E-state index is 0. The number of benzene rings is 1. The van der Waals surface area contributed by atoms with Crippen LogP contribution < -0.4 is 4.90 Å². The van der Waals surface area contributed by atoms with Gasteiger partial charge < -0.3 is 0 Å². The first-order chi connectivity index (χ1) is 16.6. The Labute approximate surface area is 220 Å². The fraction of sp³-hybridized carbons (Fsp3) is 0.103. The summed E-state index contributed by atoms with van der Waals surface area (Å²) in [7, 11) is 0. The molecule has 1 aromatic carbocycles. The fourth-order valence-electron chi connectivity index (χ4n) is 4.28. The van der Waals surface area contributed by atoms with Crippen LogP contribution in [-0.4, -0.2) is 19.9 Å². The topological polar surface area (TPSA) is 54.8 Å². The van der Waals surface area contributed by atoms with Crippen LogP contribution in [0.3, 0.4) is 0 Å². The molecule has 0 N–H and O–H groups in total. The maximum atomic E-state index is 5.01. The van der Waals surface area contributed by atoms with Gasteiger partial charge in [0.1, 0.15) is 11.6 Å². The Morgan fingerprint density at radius 2 is 1.00 bits per heavy atom. The van der Waals surface area contributed by atoms with E-state index in [1.807, 2.05) is 72.8 Å². The van der Waals surface area contributed by atoms with Crippen LogP contribution in [0.25, 0.3) is 22.8 Å². The smallest absolute Gasteiger partial charge is 0.139 e. The molecule has 0 aliphatic carbocycles. The van der Waals surface area contributed by atoms with Crippen LogP contribution in [0, 0.1) is 20.8 Å². The summed E-state index contributed by atoms with van der Waals surface area (Å²) < 4.78 is 0. The molecule has 4 aromatic heterocycles. The van der Waals surface area contributed by atoms with Crippen molar-refractivity contribution in [1.82, 2.24) is 19.9 Å². The molecule has 5 rings (SSSR count). The van der Waals surface area contributed by atoms with E-state index in [9.17, 15) is 0 Å². The third kappa shape index (κ3) is 5.21. The molecule has 0 unspecified atom stereocenters. The zero-order valence-electron chi connectivity index (χ0n) is 19.8. The number of aromatic nitrogens is 4. The molecule has 0 saturated carbocycles. The van der Waals surface area contributed by atoms with Crippen LogP contribution in [0.1, 0.15) is 16.7 Å². The first-order valence-corrected chi connectivity index (χ1v) is 11.2. The number of pyridine rings is 4. The number of rotatable bonds is 5. The molecule has 176 valence electrons. The monoisotopic (exact) mass is 638 g/mol. The van der Waals surface area contributed by atoms with Gasteiger partial charge in [0.15, 0.2) is 0 Å². The molecule has 0 fully saturated rings. The Hall–Kier alpha value is -3.69. The molecule has 5 nitrogen and oxygen atoms in total. The largest absolute Gasteiger partial charge is 0.278 e. The molecule has 0 aliphatic heterocycles. The van der Waals surface area contributed by atoms with Crippen LogP contribution in [0.4, 0.5) is 17.3 Å². The van der Waals surface area contributed by atoms with Gasteiger partial charge >= 0.3 is 0 Å². The molecule has 0 atom stereocenters. The molecule has 0 amide bonds. The van der Waals surface area contributed by atoms with Gasteiger partial charge in [-0.05, 0) is 80.4 Å². The standard InChI is InChI=1S/C29H25N5.Pt/c1-20-18-21(2)29(22(3)19-20)34(27-14-8-12-25(32-27)23-10-4-6-16-30-23)28-15-9-13-26(33-28)24-11-5-7-17-31-24;/h4-19H,1-3H3;. The van der Waals surface area contributed by atoms with Gasteiger partial charge in [-0.2, -0.15) is 0 Å². The van der Waals surface area contributed by atoms with E-state index >= 15 is 0 Å². The number of hydrogen-bond acceptors (Lipinski definition) is 5. The minimum absolute atomic E-state index is 0. The second kappa shape index (κ2) is 10.7. The first-order valence-electron chi connectivity index (χ1n) is 11.2. The van der Waals surface area contributed by atoms with Gasteiger partial charge in [-0.1, -0.05) is 42.0 Å². The van der Waals surface area contributed by atoms with Crippen molar-refractivity contribution >= 4 is 17.3 Å². The fourth-order valence-corrected chi connectivity index (χ4v) is 4.28. The maximum absolute atomic E-state index is 5.01. The zero-order chi connectivity index (χ0) is 23.5. The van der Waals surface area contributed by atoms with Crippen molar-refractivity contribution in [3.63, 3.8) is 0 Å². The molecule has 0 spiro atoms. The van der Waals surface area contributed by atoms with Crippen LogP contribution in [0.15, 0.2) is 97.3 Å². The number of hydrogen-bond donors (Lipinski definition) is 0. The predicted molar refractivity (Wildman–Crippen MR) is 137 cm³/mol. The van der Waals surface area contributed by atoms with E-state index in [0.717, 1.165) is 51.2 Å². The van der Waals surface area contributed by atoms with Crippen molar-refractivity contribution in [2.45, 2.75) is 20.8 Å². The van der Waals surface area contributed by atoms with Crippen LogP contribution in [0.5, 0.6) is 0 Å². The molecule has 35 heavy (non-hydrogen) atoms. The van der Waals surface area contributed by atoms with Crippen molar-refractivity contribution in [2.75, 3.05) is 4.90 Å². The second-order valence-corrected chi connectivity index (χ2v) is 8.27. The Kier molecular flexibility index (Phi) is 7.48. The average molecular weight is 639 g/mol. The van der Waals surface area contributed by atoms with Crippen LogP contribution >= 0.6 is 0 Å². The molecule has 0 saturated heterocycles. The summed E-state index contributed by atoms with van der Waals surface area (Å²) in [6.07, 6.45) is 3.57. The van der Waals surface area contributed by atoms with E-state index in [0.29, 0.717) is 0 Å². The molecule has 5 aromatic rings. The first kappa shape index (κ1) is 24.4. The number of aryl methyl sites for hydroxylation is 3. The molecule has 4 heterocycles. The van der Waals surface area contributed by atoms with Gasteiger partial charge in [0, 0.05) is 33.5 Å². The van der Waals surface area contributed by atoms with E-state index < -0.39 is 0 Å². The summed E-state index contributed by atoms with van der Waals surface area (Å²) in [5, 5.41) is 0. The van der Waals surface area contributed by atoms with Crippen LogP contribution in [0.2, 0.25) is 0 Å². The van der Waals surface area contributed by atoms with Gasteiger partial charge in [-0.3, -0.25) is 14.9 Å². The van der Waals surface area contributed by atoms with Crippen LogP contribution in [-0.2, 0) is 21.1 Å². The summed E-state index contributed by atoms with van der Waals surface area (Å²) >= 11 is 0. The van der Waals surface area contributed by atoms with Crippen molar-refractivity contribution in [3.05, 3.63) is 114 Å². The van der Waals surface area contributed by atoms with E-state index in [1.165, 1.54) is 5.56 Å². The second-order valence-electron chi connectivity index (χ2n) is 8.27. The Balaban J connectivity index is 0.00000289. The molecule has 6 heteroatoms. The van der Waals surface area contributed by atoms with Crippen molar-refractivity contribution < 1.29 is 21.1 Å². The third-order valence-electron chi connectivity index (χ3n) is 5.64. The normalized spacial score (nSPS) is 10.5. The summed E-state index contributed by atoms with van der Waals surface area (Å²) in [6, 6.07) is 28.1. The van der Waals surface area contributed by atoms with Crippen molar-refractivity contribution in [2.24, 2.45) is 0 Å². The average Bonchev–Trinajstić information content (AvgIpc) is 2.87. The summed E-state index contributed by atoms with van der Waals surface area (Å²) in [6.45, 7) is 6.38. The molecular weight excluding hydrogens is 613 g/mol. The van der Waals surface area contributed by atoms with E-state index in [2.05, 4.69) is 47.8 Å². The zero-order valence-corrected chi connectivity index (χ0v) is 22.1. The quantitative estimate of drug-likeness (QED) is 0.208. The van der Waals surface area contributed by atoms with E-state index in [4.69, 9.17) is 9.97 Å². The Bertz CT molecular complexity index is 1330. The van der Waals surface area contributed by atoms with Crippen molar-refractivity contribution in [1.29, 1.82) is 0 Å². The summed E-state index contributed by atoms with van der Waals surface area (Å²) in [5.41, 5.74) is 7.90. The molecular formula is C29H25N5Pt. The Morgan fingerprint density at radius 1 is 0.543 bits per heavy atom.